The lowest BCUT2D eigenvalue weighted by Crippen LogP contribution is -2.15. The summed E-state index contributed by atoms with van der Waals surface area (Å²) in [5, 5.41) is 7.80. The first-order valence-corrected chi connectivity index (χ1v) is 8.79. The molecule has 3 rings (SSSR count). The van der Waals surface area contributed by atoms with Gasteiger partial charge in [0.1, 0.15) is 0 Å². The third-order valence-corrected chi connectivity index (χ3v) is 4.43. The number of carbonyl (C=O) groups is 1. The molecule has 2 aromatic rings. The molecule has 0 amide bonds. The summed E-state index contributed by atoms with van der Waals surface area (Å²) in [6, 6.07) is 13.2. The van der Waals surface area contributed by atoms with E-state index in [1.807, 2.05) is 37.3 Å². The van der Waals surface area contributed by atoms with Gasteiger partial charge in [0.2, 0.25) is 0 Å². The van der Waals surface area contributed by atoms with Crippen molar-refractivity contribution in [3.63, 3.8) is 0 Å². The summed E-state index contributed by atoms with van der Waals surface area (Å²) in [6.45, 7) is 2.59. The summed E-state index contributed by atoms with van der Waals surface area (Å²) in [5.41, 5.74) is 3.52. The number of hydrogen-bond donors (Lipinski definition) is 1. The quantitative estimate of drug-likeness (QED) is 0.504. The number of nitrogens with one attached hydrogen (secondary N) is 1. The monoisotopic (exact) mass is 337 g/mol. The molecule has 1 heterocycles. The van der Waals surface area contributed by atoms with E-state index in [4.69, 9.17) is 14.9 Å². The van der Waals surface area contributed by atoms with Crippen molar-refractivity contribution >= 4 is 11.7 Å². The largest absolute Gasteiger partial charge is 0.490 e. The van der Waals surface area contributed by atoms with Crippen LogP contribution in [0.25, 0.3) is 0 Å². The van der Waals surface area contributed by atoms with E-state index in [0.717, 1.165) is 48.9 Å². The van der Waals surface area contributed by atoms with Crippen LogP contribution >= 0.6 is 0 Å². The van der Waals surface area contributed by atoms with Crippen LogP contribution in [0.2, 0.25) is 0 Å². The molecule has 130 valence electrons. The van der Waals surface area contributed by atoms with Gasteiger partial charge >= 0.3 is 5.97 Å². The van der Waals surface area contributed by atoms with Crippen LogP contribution in [-0.4, -0.2) is 18.3 Å². The second-order valence-corrected chi connectivity index (χ2v) is 6.24. The summed E-state index contributed by atoms with van der Waals surface area (Å²) >= 11 is 0. The molecule has 1 aliphatic rings. The molecule has 0 saturated heterocycles. The third kappa shape index (κ3) is 4.27. The molecule has 2 aromatic carbocycles. The minimum atomic E-state index is -0.346. The number of carbonyl (C=O) groups excluding carboxylic acids is 1. The molecular formula is C21H23NO3. The standard InChI is InChI=1S/C21H23NO3/c1-2-17(22)11-9-15-10-12-18-16(14-15)6-5-13-24-19-7-3-4-8-20(19)25-21(18)23/h3-4,7-8,10,12,14,22H,2,5-6,9,11,13H2,1H3. The van der Waals surface area contributed by atoms with Crippen LogP contribution in [0.3, 0.4) is 0 Å². The van der Waals surface area contributed by atoms with Crippen molar-refractivity contribution in [1.29, 1.82) is 5.41 Å². The molecule has 0 bridgehead atoms. The molecule has 0 atom stereocenters. The van der Waals surface area contributed by atoms with Gasteiger partial charge in [-0.2, -0.15) is 0 Å². The van der Waals surface area contributed by atoms with E-state index < -0.39 is 0 Å². The van der Waals surface area contributed by atoms with Crippen molar-refractivity contribution in [3.8, 4) is 11.5 Å². The minimum absolute atomic E-state index is 0.346. The van der Waals surface area contributed by atoms with Crippen LogP contribution in [0.15, 0.2) is 42.5 Å². The first-order chi connectivity index (χ1) is 12.2. The van der Waals surface area contributed by atoms with Gasteiger partial charge in [-0.25, -0.2) is 4.79 Å². The smallest absolute Gasteiger partial charge is 0.343 e. The molecule has 0 spiro atoms. The van der Waals surface area contributed by atoms with Crippen LogP contribution in [-0.2, 0) is 12.8 Å². The second kappa shape index (κ2) is 7.97. The lowest BCUT2D eigenvalue weighted by atomic mass is 9.97. The summed E-state index contributed by atoms with van der Waals surface area (Å²) in [7, 11) is 0. The fourth-order valence-corrected chi connectivity index (χ4v) is 2.93. The van der Waals surface area contributed by atoms with E-state index in [1.54, 1.807) is 6.07 Å². The average Bonchev–Trinajstić information content (AvgIpc) is 2.64. The van der Waals surface area contributed by atoms with E-state index in [1.165, 1.54) is 0 Å². The number of fused-ring (bicyclic) bond motifs is 2. The van der Waals surface area contributed by atoms with E-state index in [-0.39, 0.29) is 5.97 Å². The molecule has 4 heteroatoms. The predicted octanol–water partition coefficient (Wildman–Crippen LogP) is 4.59. The maximum Gasteiger partial charge on any atom is 0.343 e. The van der Waals surface area contributed by atoms with Gasteiger partial charge in [-0.1, -0.05) is 31.2 Å². The lowest BCUT2D eigenvalue weighted by Gasteiger charge is -2.16. The van der Waals surface area contributed by atoms with Gasteiger partial charge in [0.25, 0.3) is 0 Å². The average molecular weight is 337 g/mol. The molecule has 1 N–H and O–H groups in total. The van der Waals surface area contributed by atoms with Crippen LogP contribution in [0.4, 0.5) is 0 Å². The summed E-state index contributed by atoms with van der Waals surface area (Å²) in [5.74, 6) is 0.718. The maximum atomic E-state index is 12.6. The van der Waals surface area contributed by atoms with Gasteiger partial charge in [0, 0.05) is 5.71 Å². The second-order valence-electron chi connectivity index (χ2n) is 6.24. The molecule has 0 aromatic heterocycles. The van der Waals surface area contributed by atoms with E-state index >= 15 is 0 Å². The van der Waals surface area contributed by atoms with Gasteiger partial charge in [0.05, 0.1) is 12.2 Å². The van der Waals surface area contributed by atoms with Crippen LogP contribution in [0.1, 0.15) is 47.7 Å². The van der Waals surface area contributed by atoms with Crippen molar-refractivity contribution in [2.75, 3.05) is 6.61 Å². The summed E-state index contributed by atoms with van der Waals surface area (Å²) < 4.78 is 11.3. The molecule has 0 aliphatic carbocycles. The number of para-hydroxylation sites is 2. The first-order valence-electron chi connectivity index (χ1n) is 8.79. The van der Waals surface area contributed by atoms with E-state index in [9.17, 15) is 4.79 Å². The maximum absolute atomic E-state index is 12.6. The molecule has 0 fully saturated rings. The number of rotatable bonds is 4. The number of hydrogen-bond acceptors (Lipinski definition) is 4. The van der Waals surface area contributed by atoms with Gasteiger partial charge < -0.3 is 14.9 Å². The van der Waals surface area contributed by atoms with Crippen LogP contribution in [0, 0.1) is 5.41 Å². The Bertz CT molecular complexity index is 782. The Hall–Kier alpha value is -2.62. The zero-order valence-corrected chi connectivity index (χ0v) is 14.5. The highest BCUT2D eigenvalue weighted by molar-refractivity contribution is 5.93. The normalized spacial score (nSPS) is 13.9. The number of esters is 1. The summed E-state index contributed by atoms with van der Waals surface area (Å²) in [4.78, 5) is 12.6. The van der Waals surface area contributed by atoms with E-state index in [2.05, 4.69) is 6.07 Å². The van der Waals surface area contributed by atoms with Gasteiger partial charge in [-0.05, 0) is 61.4 Å². The Morgan fingerprint density at radius 3 is 2.76 bits per heavy atom. The van der Waals surface area contributed by atoms with Crippen molar-refractivity contribution in [2.24, 2.45) is 0 Å². The molecule has 0 saturated carbocycles. The van der Waals surface area contributed by atoms with Crippen LogP contribution < -0.4 is 9.47 Å². The van der Waals surface area contributed by atoms with Gasteiger partial charge in [-0.15, -0.1) is 0 Å². The zero-order valence-electron chi connectivity index (χ0n) is 14.5. The SMILES string of the molecule is CCC(=N)CCc1ccc2c(c1)CCCOc1ccccc1OC2=O. The number of ether oxygens (including phenoxy) is 2. The predicted molar refractivity (Wildman–Crippen MR) is 98.0 cm³/mol. The van der Waals surface area contributed by atoms with Crippen molar-refractivity contribution in [3.05, 3.63) is 59.2 Å². The highest BCUT2D eigenvalue weighted by atomic mass is 16.6. The van der Waals surface area contributed by atoms with Crippen molar-refractivity contribution in [2.45, 2.75) is 39.0 Å². The molecule has 25 heavy (non-hydrogen) atoms. The number of benzene rings is 2. The fourth-order valence-electron chi connectivity index (χ4n) is 2.93. The lowest BCUT2D eigenvalue weighted by molar-refractivity contribution is 0.0725. The molecule has 1 aliphatic heterocycles. The highest BCUT2D eigenvalue weighted by Gasteiger charge is 2.18. The zero-order chi connectivity index (χ0) is 17.6. The molecular weight excluding hydrogens is 314 g/mol. The third-order valence-electron chi connectivity index (χ3n) is 4.43. The number of aryl methyl sites for hydroxylation is 2. The highest BCUT2D eigenvalue weighted by Crippen LogP contribution is 2.29. The van der Waals surface area contributed by atoms with Crippen molar-refractivity contribution < 1.29 is 14.3 Å². The minimum Gasteiger partial charge on any atom is -0.490 e. The summed E-state index contributed by atoms with van der Waals surface area (Å²) in [6.07, 6.45) is 3.98. The topological polar surface area (TPSA) is 59.4 Å². The first kappa shape index (κ1) is 17.2. The van der Waals surface area contributed by atoms with Crippen LogP contribution in [0.5, 0.6) is 11.5 Å². The Morgan fingerprint density at radius 1 is 1.16 bits per heavy atom. The Kier molecular flexibility index (Phi) is 5.49. The van der Waals surface area contributed by atoms with E-state index in [0.29, 0.717) is 23.7 Å². The Morgan fingerprint density at radius 2 is 1.96 bits per heavy atom. The molecule has 0 unspecified atom stereocenters. The molecule has 0 radical (unpaired) electrons. The molecule has 4 nitrogen and oxygen atoms in total. The van der Waals surface area contributed by atoms with Gasteiger partial charge in [0.15, 0.2) is 11.5 Å². The Balaban J connectivity index is 1.84. The fraction of sp³-hybridized carbons (Fsp3) is 0.333. The van der Waals surface area contributed by atoms with Crippen molar-refractivity contribution in [1.82, 2.24) is 0 Å². The Labute approximate surface area is 148 Å². The van der Waals surface area contributed by atoms with Gasteiger partial charge in [-0.3, -0.25) is 0 Å².